The van der Waals surface area contributed by atoms with Gasteiger partial charge in [-0.05, 0) is 56.4 Å². The zero-order valence-corrected chi connectivity index (χ0v) is 16.7. The predicted octanol–water partition coefficient (Wildman–Crippen LogP) is 3.35. The first kappa shape index (κ1) is 20.5. The van der Waals surface area contributed by atoms with Gasteiger partial charge in [0.15, 0.2) is 0 Å². The molecule has 28 heavy (non-hydrogen) atoms. The van der Waals surface area contributed by atoms with Crippen LogP contribution in [0.3, 0.4) is 0 Å². The van der Waals surface area contributed by atoms with Crippen LogP contribution in [0, 0.1) is 18.7 Å². The van der Waals surface area contributed by atoms with Crippen LogP contribution in [0.2, 0.25) is 0 Å². The second kappa shape index (κ2) is 8.84. The van der Waals surface area contributed by atoms with Crippen LogP contribution in [-0.2, 0) is 10.0 Å². The van der Waals surface area contributed by atoms with E-state index in [2.05, 4.69) is 4.72 Å². The zero-order chi connectivity index (χ0) is 20.1. The first-order valence-electron chi connectivity index (χ1n) is 9.47. The van der Waals surface area contributed by atoms with E-state index in [0.29, 0.717) is 31.0 Å². The van der Waals surface area contributed by atoms with Gasteiger partial charge < -0.3 is 4.90 Å². The molecule has 150 valence electrons. The van der Waals surface area contributed by atoms with Crippen molar-refractivity contribution in [2.24, 2.45) is 5.92 Å². The molecule has 1 aliphatic rings. The van der Waals surface area contributed by atoms with Gasteiger partial charge in [0.2, 0.25) is 10.0 Å². The standard InChI is InChI=1S/C21H25FN2O3S/c1-16-6-8-18(9-7-16)21(25)24-14-11-17(12-15-24)10-13-23-28(26,27)20-5-3-2-4-19(20)22/h2-9,17,23H,10-15H2,1H3. The van der Waals surface area contributed by atoms with Crippen LogP contribution in [0.4, 0.5) is 4.39 Å². The number of nitrogens with one attached hydrogen (secondary N) is 1. The van der Waals surface area contributed by atoms with E-state index in [1.165, 1.54) is 18.2 Å². The molecule has 1 heterocycles. The summed E-state index contributed by atoms with van der Waals surface area (Å²) in [6, 6.07) is 12.9. The number of rotatable bonds is 6. The molecule has 0 atom stereocenters. The smallest absolute Gasteiger partial charge is 0.253 e. The van der Waals surface area contributed by atoms with Gasteiger partial charge in [0.1, 0.15) is 10.7 Å². The Morgan fingerprint density at radius 2 is 1.75 bits per heavy atom. The Hall–Kier alpha value is -2.25. The first-order chi connectivity index (χ1) is 13.4. The second-order valence-corrected chi connectivity index (χ2v) is 8.95. The van der Waals surface area contributed by atoms with Crippen molar-refractivity contribution in [2.45, 2.75) is 31.1 Å². The molecule has 0 spiro atoms. The number of amides is 1. The molecule has 1 amide bonds. The van der Waals surface area contributed by atoms with E-state index in [1.54, 1.807) is 0 Å². The van der Waals surface area contributed by atoms with Crippen molar-refractivity contribution in [1.82, 2.24) is 9.62 Å². The average molecular weight is 405 g/mol. The van der Waals surface area contributed by atoms with E-state index < -0.39 is 15.8 Å². The number of benzene rings is 2. The molecule has 0 aromatic heterocycles. The summed E-state index contributed by atoms with van der Waals surface area (Å²) >= 11 is 0. The lowest BCUT2D eigenvalue weighted by atomic mass is 9.93. The van der Waals surface area contributed by atoms with Crippen LogP contribution in [0.15, 0.2) is 53.4 Å². The highest BCUT2D eigenvalue weighted by molar-refractivity contribution is 7.89. The van der Waals surface area contributed by atoms with Crippen molar-refractivity contribution in [3.05, 3.63) is 65.5 Å². The Kier molecular flexibility index (Phi) is 6.46. The molecule has 3 rings (SSSR count). The van der Waals surface area contributed by atoms with Crippen molar-refractivity contribution in [2.75, 3.05) is 19.6 Å². The minimum atomic E-state index is -3.85. The number of carbonyl (C=O) groups excluding carboxylic acids is 1. The Labute approximate surface area is 165 Å². The highest BCUT2D eigenvalue weighted by Crippen LogP contribution is 2.22. The Bertz CT molecular complexity index is 921. The number of piperidine rings is 1. The molecule has 0 radical (unpaired) electrons. The quantitative estimate of drug-likeness (QED) is 0.803. The maximum Gasteiger partial charge on any atom is 0.253 e. The third-order valence-electron chi connectivity index (χ3n) is 5.17. The van der Waals surface area contributed by atoms with Crippen LogP contribution >= 0.6 is 0 Å². The van der Waals surface area contributed by atoms with Gasteiger partial charge in [-0.1, -0.05) is 29.8 Å². The third-order valence-corrected chi connectivity index (χ3v) is 6.67. The van der Waals surface area contributed by atoms with Crippen molar-refractivity contribution in [1.29, 1.82) is 0 Å². The van der Waals surface area contributed by atoms with Gasteiger partial charge >= 0.3 is 0 Å². The number of likely N-dealkylation sites (tertiary alicyclic amines) is 1. The summed E-state index contributed by atoms with van der Waals surface area (Å²) in [5, 5.41) is 0. The van der Waals surface area contributed by atoms with Crippen LogP contribution in [0.1, 0.15) is 35.2 Å². The summed E-state index contributed by atoms with van der Waals surface area (Å²) in [7, 11) is -3.85. The van der Waals surface area contributed by atoms with Gasteiger partial charge in [-0.25, -0.2) is 17.5 Å². The fourth-order valence-corrected chi connectivity index (χ4v) is 4.57. The molecule has 0 aliphatic carbocycles. The van der Waals surface area contributed by atoms with Crippen molar-refractivity contribution < 1.29 is 17.6 Å². The number of halogens is 1. The molecule has 1 fully saturated rings. The van der Waals surface area contributed by atoms with Crippen LogP contribution in [0.5, 0.6) is 0 Å². The lowest BCUT2D eigenvalue weighted by Crippen LogP contribution is -2.39. The molecule has 1 N–H and O–H groups in total. The van der Waals surface area contributed by atoms with Crippen LogP contribution in [0.25, 0.3) is 0 Å². The maximum atomic E-state index is 13.7. The number of aryl methyl sites for hydroxylation is 1. The molecule has 7 heteroatoms. The predicted molar refractivity (Wildman–Crippen MR) is 106 cm³/mol. The van der Waals surface area contributed by atoms with Crippen molar-refractivity contribution in [3.8, 4) is 0 Å². The maximum absolute atomic E-state index is 13.7. The Morgan fingerprint density at radius 1 is 1.11 bits per heavy atom. The highest BCUT2D eigenvalue weighted by Gasteiger charge is 2.24. The SMILES string of the molecule is Cc1ccc(C(=O)N2CCC(CCNS(=O)(=O)c3ccccc3F)CC2)cc1. The molecular weight excluding hydrogens is 379 g/mol. The summed E-state index contributed by atoms with van der Waals surface area (Å²) in [5.74, 6) is -0.373. The minimum absolute atomic E-state index is 0.0405. The number of nitrogens with zero attached hydrogens (tertiary/aromatic N) is 1. The molecule has 0 saturated carbocycles. The fourth-order valence-electron chi connectivity index (χ4n) is 3.44. The van der Waals surface area contributed by atoms with Gasteiger partial charge in [0, 0.05) is 25.2 Å². The van der Waals surface area contributed by atoms with Gasteiger partial charge in [-0.15, -0.1) is 0 Å². The second-order valence-electron chi connectivity index (χ2n) is 7.22. The van der Waals surface area contributed by atoms with Gasteiger partial charge in [-0.3, -0.25) is 4.79 Å². The summed E-state index contributed by atoms with van der Waals surface area (Å²) in [6.07, 6.45) is 2.33. The van der Waals surface area contributed by atoms with Crippen LogP contribution in [-0.4, -0.2) is 38.9 Å². The fraction of sp³-hybridized carbons (Fsp3) is 0.381. The molecule has 0 bridgehead atoms. The Balaban J connectivity index is 1.46. The lowest BCUT2D eigenvalue weighted by Gasteiger charge is -2.32. The molecule has 2 aromatic rings. The topological polar surface area (TPSA) is 66.5 Å². The molecule has 0 unspecified atom stereocenters. The average Bonchev–Trinajstić information content (AvgIpc) is 2.69. The third kappa shape index (κ3) is 4.97. The highest BCUT2D eigenvalue weighted by atomic mass is 32.2. The monoisotopic (exact) mass is 404 g/mol. The van der Waals surface area contributed by atoms with E-state index in [4.69, 9.17) is 0 Å². The number of hydrogen-bond donors (Lipinski definition) is 1. The zero-order valence-electron chi connectivity index (χ0n) is 15.9. The lowest BCUT2D eigenvalue weighted by molar-refractivity contribution is 0.0687. The van der Waals surface area contributed by atoms with E-state index in [0.717, 1.165) is 24.5 Å². The minimum Gasteiger partial charge on any atom is -0.339 e. The molecule has 1 saturated heterocycles. The largest absolute Gasteiger partial charge is 0.339 e. The van der Waals surface area contributed by atoms with Crippen molar-refractivity contribution in [3.63, 3.8) is 0 Å². The van der Waals surface area contributed by atoms with E-state index >= 15 is 0 Å². The van der Waals surface area contributed by atoms with Gasteiger partial charge in [-0.2, -0.15) is 0 Å². The van der Waals surface area contributed by atoms with E-state index in [9.17, 15) is 17.6 Å². The molecular formula is C21H25FN2O3S. The summed E-state index contributed by atoms with van der Waals surface area (Å²) in [4.78, 5) is 14.1. The number of carbonyl (C=O) groups is 1. The normalized spacial score (nSPS) is 15.6. The van der Waals surface area contributed by atoms with Crippen LogP contribution < -0.4 is 4.72 Å². The Morgan fingerprint density at radius 3 is 2.39 bits per heavy atom. The van der Waals surface area contributed by atoms with E-state index in [1.807, 2.05) is 36.1 Å². The molecule has 1 aliphatic heterocycles. The summed E-state index contributed by atoms with van der Waals surface area (Å²) < 4.78 is 40.6. The number of hydrogen-bond acceptors (Lipinski definition) is 3. The van der Waals surface area contributed by atoms with Gasteiger partial charge in [0.05, 0.1) is 0 Å². The summed E-state index contributed by atoms with van der Waals surface area (Å²) in [6.45, 7) is 3.57. The molecule has 2 aromatic carbocycles. The molecule has 5 nitrogen and oxygen atoms in total. The van der Waals surface area contributed by atoms with Gasteiger partial charge in [0.25, 0.3) is 5.91 Å². The summed E-state index contributed by atoms with van der Waals surface area (Å²) in [5.41, 5.74) is 1.81. The van der Waals surface area contributed by atoms with Crippen molar-refractivity contribution >= 4 is 15.9 Å². The van der Waals surface area contributed by atoms with E-state index in [-0.39, 0.29) is 17.3 Å². The number of sulfonamides is 1. The first-order valence-corrected chi connectivity index (χ1v) is 11.0.